The lowest BCUT2D eigenvalue weighted by Crippen LogP contribution is -2.55. The van der Waals surface area contributed by atoms with E-state index in [1.54, 1.807) is 11.6 Å². The third-order valence-corrected chi connectivity index (χ3v) is 3.84. The molecule has 1 atom stereocenters. The van der Waals surface area contributed by atoms with E-state index in [1.165, 1.54) is 11.3 Å². The Morgan fingerprint density at radius 2 is 2.25 bits per heavy atom. The number of anilines is 1. The van der Waals surface area contributed by atoms with E-state index >= 15 is 0 Å². The molecule has 0 bridgehead atoms. The zero-order valence-electron chi connectivity index (χ0n) is 11.7. The Labute approximate surface area is 122 Å². The summed E-state index contributed by atoms with van der Waals surface area (Å²) >= 11 is 1.36. The molecule has 20 heavy (non-hydrogen) atoms. The van der Waals surface area contributed by atoms with E-state index < -0.39 is 6.04 Å². The molecule has 0 spiro atoms. The highest BCUT2D eigenvalue weighted by molar-refractivity contribution is 7.13. The van der Waals surface area contributed by atoms with Crippen LogP contribution in [0.15, 0.2) is 11.6 Å². The molecule has 0 aromatic carbocycles. The lowest BCUT2D eigenvalue weighted by molar-refractivity contribution is -0.130. The van der Waals surface area contributed by atoms with E-state index in [4.69, 9.17) is 0 Å². The SMILES string of the molecule is CC(C)CC(NC(=O)C1CNC1)C(=O)Nc1nccs1. The van der Waals surface area contributed by atoms with E-state index in [0.717, 1.165) is 0 Å². The number of aromatic nitrogens is 1. The van der Waals surface area contributed by atoms with Gasteiger partial charge in [-0.25, -0.2) is 4.98 Å². The van der Waals surface area contributed by atoms with Crippen LogP contribution in [-0.4, -0.2) is 35.9 Å². The number of thiazole rings is 1. The van der Waals surface area contributed by atoms with Crippen LogP contribution in [0.5, 0.6) is 0 Å². The Bertz CT molecular complexity index is 457. The minimum Gasteiger partial charge on any atom is -0.344 e. The Morgan fingerprint density at radius 3 is 2.75 bits per heavy atom. The summed E-state index contributed by atoms with van der Waals surface area (Å²) < 4.78 is 0. The second-order valence-corrected chi connectivity index (χ2v) is 6.27. The van der Waals surface area contributed by atoms with Crippen LogP contribution in [0.1, 0.15) is 20.3 Å². The molecule has 1 aromatic heterocycles. The largest absolute Gasteiger partial charge is 0.344 e. The molecule has 1 saturated heterocycles. The van der Waals surface area contributed by atoms with Crippen molar-refractivity contribution in [3.63, 3.8) is 0 Å². The number of carbonyl (C=O) groups excluding carboxylic acids is 2. The summed E-state index contributed by atoms with van der Waals surface area (Å²) in [5.74, 6) is 0.0529. The molecule has 1 aliphatic rings. The molecular weight excluding hydrogens is 276 g/mol. The third kappa shape index (κ3) is 4.01. The molecular formula is C13H20N4O2S. The van der Waals surface area contributed by atoms with Gasteiger partial charge >= 0.3 is 0 Å². The molecule has 7 heteroatoms. The van der Waals surface area contributed by atoms with Gasteiger partial charge in [-0.05, 0) is 12.3 Å². The maximum absolute atomic E-state index is 12.2. The Balaban J connectivity index is 1.94. The molecule has 1 aliphatic heterocycles. The predicted octanol–water partition coefficient (Wildman–Crippen LogP) is 0.832. The second kappa shape index (κ2) is 6.81. The molecule has 0 radical (unpaired) electrons. The van der Waals surface area contributed by atoms with Crippen molar-refractivity contribution in [3.8, 4) is 0 Å². The van der Waals surface area contributed by atoms with Gasteiger partial charge in [0, 0.05) is 24.7 Å². The number of rotatable bonds is 6. The zero-order chi connectivity index (χ0) is 14.5. The quantitative estimate of drug-likeness (QED) is 0.726. The lowest BCUT2D eigenvalue weighted by Gasteiger charge is -2.28. The Kier molecular flexibility index (Phi) is 5.08. The molecule has 2 rings (SSSR count). The summed E-state index contributed by atoms with van der Waals surface area (Å²) in [6.45, 7) is 5.43. The molecule has 0 aliphatic carbocycles. The van der Waals surface area contributed by atoms with Crippen molar-refractivity contribution in [2.75, 3.05) is 18.4 Å². The predicted molar refractivity (Wildman–Crippen MR) is 78.5 cm³/mol. The van der Waals surface area contributed by atoms with Crippen molar-refractivity contribution < 1.29 is 9.59 Å². The monoisotopic (exact) mass is 296 g/mol. The van der Waals surface area contributed by atoms with E-state index in [1.807, 2.05) is 13.8 Å². The molecule has 1 unspecified atom stereocenters. The fourth-order valence-corrected chi connectivity index (χ4v) is 2.48. The van der Waals surface area contributed by atoms with Crippen LogP contribution in [-0.2, 0) is 9.59 Å². The van der Waals surface area contributed by atoms with E-state index in [2.05, 4.69) is 20.9 Å². The van der Waals surface area contributed by atoms with Crippen molar-refractivity contribution >= 4 is 28.3 Å². The van der Waals surface area contributed by atoms with E-state index in [0.29, 0.717) is 30.6 Å². The summed E-state index contributed by atoms with van der Waals surface area (Å²) in [4.78, 5) is 28.2. The highest BCUT2D eigenvalue weighted by Gasteiger charge is 2.29. The van der Waals surface area contributed by atoms with Crippen molar-refractivity contribution in [1.29, 1.82) is 0 Å². The van der Waals surface area contributed by atoms with Gasteiger partial charge in [-0.3, -0.25) is 9.59 Å². The highest BCUT2D eigenvalue weighted by Crippen LogP contribution is 2.13. The van der Waals surface area contributed by atoms with Gasteiger partial charge in [-0.1, -0.05) is 13.8 Å². The minimum absolute atomic E-state index is 0.0164. The summed E-state index contributed by atoms with van der Waals surface area (Å²) in [7, 11) is 0. The molecule has 1 fully saturated rings. The summed E-state index contributed by atoms with van der Waals surface area (Å²) in [5.41, 5.74) is 0. The first-order valence-electron chi connectivity index (χ1n) is 6.77. The Hall–Kier alpha value is -1.47. The first-order valence-corrected chi connectivity index (χ1v) is 7.65. The van der Waals surface area contributed by atoms with Crippen LogP contribution in [0.3, 0.4) is 0 Å². The van der Waals surface area contributed by atoms with Crippen molar-refractivity contribution in [2.24, 2.45) is 11.8 Å². The van der Waals surface area contributed by atoms with Crippen LogP contribution in [0.4, 0.5) is 5.13 Å². The number of nitrogens with zero attached hydrogens (tertiary/aromatic N) is 1. The zero-order valence-corrected chi connectivity index (χ0v) is 12.5. The lowest BCUT2D eigenvalue weighted by atomic mass is 9.99. The number of carbonyl (C=O) groups is 2. The fraction of sp³-hybridized carbons (Fsp3) is 0.615. The third-order valence-electron chi connectivity index (χ3n) is 3.15. The van der Waals surface area contributed by atoms with Crippen molar-refractivity contribution in [1.82, 2.24) is 15.6 Å². The number of hydrogen-bond donors (Lipinski definition) is 3. The summed E-state index contributed by atoms with van der Waals surface area (Å²) in [6.07, 6.45) is 2.25. The Morgan fingerprint density at radius 1 is 1.50 bits per heavy atom. The van der Waals surface area contributed by atoms with Crippen LogP contribution in [0.25, 0.3) is 0 Å². The van der Waals surface area contributed by atoms with Gasteiger partial charge in [0.05, 0.1) is 5.92 Å². The first-order chi connectivity index (χ1) is 9.56. The van der Waals surface area contributed by atoms with Gasteiger partial charge < -0.3 is 16.0 Å². The average molecular weight is 296 g/mol. The second-order valence-electron chi connectivity index (χ2n) is 5.37. The molecule has 6 nitrogen and oxygen atoms in total. The number of hydrogen-bond acceptors (Lipinski definition) is 5. The van der Waals surface area contributed by atoms with Crippen molar-refractivity contribution in [2.45, 2.75) is 26.3 Å². The van der Waals surface area contributed by atoms with Gasteiger partial charge in [-0.2, -0.15) is 0 Å². The highest BCUT2D eigenvalue weighted by atomic mass is 32.1. The van der Waals surface area contributed by atoms with E-state index in [9.17, 15) is 9.59 Å². The standard InChI is InChI=1S/C13H20N4O2S/c1-8(2)5-10(16-11(18)9-6-14-7-9)12(19)17-13-15-3-4-20-13/h3-4,8-10,14H,5-7H2,1-2H3,(H,16,18)(H,15,17,19). The number of amides is 2. The topological polar surface area (TPSA) is 83.1 Å². The molecule has 1 aromatic rings. The van der Waals surface area contributed by atoms with E-state index in [-0.39, 0.29) is 17.7 Å². The minimum atomic E-state index is -0.507. The fourth-order valence-electron chi connectivity index (χ4n) is 1.94. The smallest absolute Gasteiger partial charge is 0.248 e. The molecule has 0 saturated carbocycles. The van der Waals surface area contributed by atoms with Crippen LogP contribution in [0, 0.1) is 11.8 Å². The van der Waals surface area contributed by atoms with Crippen LogP contribution >= 0.6 is 11.3 Å². The maximum atomic E-state index is 12.2. The average Bonchev–Trinajstić information content (AvgIpc) is 2.77. The van der Waals surface area contributed by atoms with Crippen LogP contribution in [0.2, 0.25) is 0 Å². The molecule has 3 N–H and O–H groups in total. The molecule has 2 heterocycles. The molecule has 2 amide bonds. The molecule has 110 valence electrons. The normalized spacial score (nSPS) is 16.6. The van der Waals surface area contributed by atoms with Crippen molar-refractivity contribution in [3.05, 3.63) is 11.6 Å². The van der Waals surface area contributed by atoms with Crippen LogP contribution < -0.4 is 16.0 Å². The maximum Gasteiger partial charge on any atom is 0.248 e. The van der Waals surface area contributed by atoms with Gasteiger partial charge in [0.15, 0.2) is 5.13 Å². The van der Waals surface area contributed by atoms with Gasteiger partial charge in [0.1, 0.15) is 6.04 Å². The summed E-state index contributed by atoms with van der Waals surface area (Å²) in [6, 6.07) is -0.507. The van der Waals surface area contributed by atoms with Gasteiger partial charge in [0.2, 0.25) is 11.8 Å². The number of nitrogens with one attached hydrogen (secondary N) is 3. The van der Waals surface area contributed by atoms with Gasteiger partial charge in [-0.15, -0.1) is 11.3 Å². The summed E-state index contributed by atoms with van der Waals surface area (Å²) in [5, 5.41) is 11.0. The van der Waals surface area contributed by atoms with Gasteiger partial charge in [0.25, 0.3) is 0 Å². The first kappa shape index (κ1) is 14.9.